The second-order valence-electron chi connectivity index (χ2n) is 4.90. The highest BCUT2D eigenvalue weighted by Gasteiger charge is 2.33. The molecule has 0 bridgehead atoms. The number of rotatable bonds is 3. The fourth-order valence-corrected chi connectivity index (χ4v) is 1.73. The van der Waals surface area contributed by atoms with Crippen LogP contribution in [0.15, 0.2) is 30.3 Å². The zero-order chi connectivity index (χ0) is 10.9. The smallest absolute Gasteiger partial charge is 0.0272 e. The van der Waals surface area contributed by atoms with E-state index in [0.717, 1.165) is 0 Å². The third-order valence-electron chi connectivity index (χ3n) is 3.19. The van der Waals surface area contributed by atoms with Crippen LogP contribution in [-0.2, 0) is 0 Å². The summed E-state index contributed by atoms with van der Waals surface area (Å²) in [7, 11) is 0. The second-order valence-corrected chi connectivity index (χ2v) is 4.90. The number of allylic oxidation sites excluding steroid dienone is 1. The van der Waals surface area contributed by atoms with Crippen LogP contribution in [0.1, 0.15) is 43.9 Å². The molecule has 2 rings (SSSR count). The van der Waals surface area contributed by atoms with Gasteiger partial charge in [0, 0.05) is 6.04 Å². The minimum atomic E-state index is 0.109. The first-order chi connectivity index (χ1) is 7.11. The van der Waals surface area contributed by atoms with Crippen molar-refractivity contribution in [1.29, 1.82) is 0 Å². The minimum absolute atomic E-state index is 0.109. The summed E-state index contributed by atoms with van der Waals surface area (Å²) in [6.07, 6.45) is 7.20. The first-order valence-electron chi connectivity index (χ1n) is 5.64. The van der Waals surface area contributed by atoms with E-state index in [1.54, 1.807) is 0 Å². The highest BCUT2D eigenvalue weighted by molar-refractivity contribution is 5.55. The van der Waals surface area contributed by atoms with Crippen molar-refractivity contribution in [3.05, 3.63) is 41.5 Å². The Kier molecular flexibility index (Phi) is 2.66. The van der Waals surface area contributed by atoms with E-state index in [1.807, 2.05) is 6.92 Å². The Balaban J connectivity index is 2.23. The zero-order valence-electron chi connectivity index (χ0n) is 9.53. The average molecular weight is 201 g/mol. The summed E-state index contributed by atoms with van der Waals surface area (Å²) in [5.74, 6) is 0. The second kappa shape index (κ2) is 3.82. The van der Waals surface area contributed by atoms with Crippen LogP contribution >= 0.6 is 0 Å². The van der Waals surface area contributed by atoms with Gasteiger partial charge < -0.3 is 5.73 Å². The van der Waals surface area contributed by atoms with E-state index < -0.39 is 0 Å². The van der Waals surface area contributed by atoms with Crippen molar-refractivity contribution in [2.45, 2.75) is 32.7 Å². The molecule has 1 atom stereocenters. The van der Waals surface area contributed by atoms with E-state index in [1.165, 1.54) is 24.0 Å². The van der Waals surface area contributed by atoms with E-state index in [0.29, 0.717) is 5.41 Å². The largest absolute Gasteiger partial charge is 0.324 e. The summed E-state index contributed by atoms with van der Waals surface area (Å²) in [6, 6.07) is 8.48. The van der Waals surface area contributed by atoms with Crippen molar-refractivity contribution in [2.24, 2.45) is 11.1 Å². The molecular weight excluding hydrogens is 182 g/mol. The van der Waals surface area contributed by atoms with Crippen LogP contribution in [0.4, 0.5) is 0 Å². The molecule has 2 N–H and O–H groups in total. The molecule has 0 aromatic heterocycles. The lowest BCUT2D eigenvalue weighted by Gasteiger charge is -2.09. The molecule has 0 spiro atoms. The Morgan fingerprint density at radius 3 is 2.60 bits per heavy atom. The standard InChI is InChI=1S/C14H19N/c1-11(15)13-6-4-3-5-12(13)7-8-14(2)9-10-14/h3-8,11H,9-10,15H2,1-2H3/b8-7+/t11-/m0/s1. The average Bonchev–Trinajstić information content (AvgIpc) is 2.95. The molecule has 1 heteroatoms. The molecule has 80 valence electrons. The number of hydrogen-bond acceptors (Lipinski definition) is 1. The number of hydrogen-bond donors (Lipinski definition) is 1. The SMILES string of the molecule is C[C@H](N)c1ccccc1/C=C/C1(C)CC1. The van der Waals surface area contributed by atoms with Crippen molar-refractivity contribution in [1.82, 2.24) is 0 Å². The maximum atomic E-state index is 5.94. The van der Waals surface area contributed by atoms with E-state index in [4.69, 9.17) is 5.73 Å². The van der Waals surface area contributed by atoms with Crippen LogP contribution < -0.4 is 5.73 Å². The summed E-state index contributed by atoms with van der Waals surface area (Å²) < 4.78 is 0. The van der Waals surface area contributed by atoms with Crippen molar-refractivity contribution < 1.29 is 0 Å². The van der Waals surface area contributed by atoms with Gasteiger partial charge in [0.1, 0.15) is 0 Å². The summed E-state index contributed by atoms with van der Waals surface area (Å²) in [5, 5.41) is 0. The monoisotopic (exact) mass is 201 g/mol. The molecule has 0 radical (unpaired) electrons. The van der Waals surface area contributed by atoms with Gasteiger partial charge in [0.2, 0.25) is 0 Å². The zero-order valence-corrected chi connectivity index (χ0v) is 9.53. The van der Waals surface area contributed by atoms with E-state index in [-0.39, 0.29) is 6.04 Å². The van der Waals surface area contributed by atoms with Crippen LogP contribution in [0.2, 0.25) is 0 Å². The molecular formula is C14H19N. The van der Waals surface area contributed by atoms with Gasteiger partial charge in [-0.15, -0.1) is 0 Å². The molecule has 0 aliphatic heterocycles. The molecule has 1 aromatic carbocycles. The lowest BCUT2D eigenvalue weighted by molar-refractivity contribution is 0.751. The quantitative estimate of drug-likeness (QED) is 0.795. The number of nitrogens with two attached hydrogens (primary N) is 1. The highest BCUT2D eigenvalue weighted by Crippen LogP contribution is 2.46. The summed E-state index contributed by atoms with van der Waals surface area (Å²) in [4.78, 5) is 0. The Labute approximate surface area is 92.0 Å². The van der Waals surface area contributed by atoms with E-state index >= 15 is 0 Å². The van der Waals surface area contributed by atoms with Crippen LogP contribution in [-0.4, -0.2) is 0 Å². The summed E-state index contributed by atoms with van der Waals surface area (Å²) >= 11 is 0. The summed E-state index contributed by atoms with van der Waals surface area (Å²) in [6.45, 7) is 4.34. The molecule has 0 unspecified atom stereocenters. The highest BCUT2D eigenvalue weighted by atomic mass is 14.6. The van der Waals surface area contributed by atoms with E-state index in [9.17, 15) is 0 Å². The fourth-order valence-electron chi connectivity index (χ4n) is 1.73. The van der Waals surface area contributed by atoms with Gasteiger partial charge in [-0.05, 0) is 36.3 Å². The molecule has 0 amide bonds. The predicted molar refractivity (Wildman–Crippen MR) is 65.4 cm³/mol. The van der Waals surface area contributed by atoms with Crippen molar-refractivity contribution in [3.8, 4) is 0 Å². The Hall–Kier alpha value is -1.08. The fraction of sp³-hybridized carbons (Fsp3) is 0.429. The summed E-state index contributed by atoms with van der Waals surface area (Å²) in [5.41, 5.74) is 8.90. The lowest BCUT2D eigenvalue weighted by atomic mass is 10.00. The Morgan fingerprint density at radius 1 is 1.33 bits per heavy atom. The first-order valence-corrected chi connectivity index (χ1v) is 5.64. The molecule has 0 saturated heterocycles. The Bertz CT molecular complexity index is 373. The third-order valence-corrected chi connectivity index (χ3v) is 3.19. The molecule has 1 fully saturated rings. The van der Waals surface area contributed by atoms with Gasteiger partial charge >= 0.3 is 0 Å². The van der Waals surface area contributed by atoms with Crippen LogP contribution in [0.5, 0.6) is 0 Å². The van der Waals surface area contributed by atoms with Crippen molar-refractivity contribution >= 4 is 6.08 Å². The predicted octanol–water partition coefficient (Wildman–Crippen LogP) is 3.52. The van der Waals surface area contributed by atoms with Gasteiger partial charge in [0.05, 0.1) is 0 Å². The minimum Gasteiger partial charge on any atom is -0.324 e. The molecule has 1 nitrogen and oxygen atoms in total. The van der Waals surface area contributed by atoms with Gasteiger partial charge in [-0.25, -0.2) is 0 Å². The van der Waals surface area contributed by atoms with Crippen LogP contribution in [0.25, 0.3) is 6.08 Å². The van der Waals surface area contributed by atoms with Gasteiger partial charge in [0.25, 0.3) is 0 Å². The normalized spacial score (nSPS) is 20.5. The Morgan fingerprint density at radius 2 is 2.00 bits per heavy atom. The van der Waals surface area contributed by atoms with E-state index in [2.05, 4.69) is 43.3 Å². The lowest BCUT2D eigenvalue weighted by Crippen LogP contribution is -2.06. The molecule has 15 heavy (non-hydrogen) atoms. The molecule has 1 aliphatic rings. The van der Waals surface area contributed by atoms with Gasteiger partial charge in [-0.2, -0.15) is 0 Å². The van der Waals surface area contributed by atoms with Gasteiger partial charge in [-0.3, -0.25) is 0 Å². The van der Waals surface area contributed by atoms with Gasteiger partial charge in [-0.1, -0.05) is 43.3 Å². The molecule has 0 heterocycles. The first kappa shape index (κ1) is 10.4. The third kappa shape index (κ3) is 2.48. The van der Waals surface area contributed by atoms with Gasteiger partial charge in [0.15, 0.2) is 0 Å². The topological polar surface area (TPSA) is 26.0 Å². The van der Waals surface area contributed by atoms with Crippen molar-refractivity contribution in [2.75, 3.05) is 0 Å². The molecule has 1 aromatic rings. The van der Waals surface area contributed by atoms with Crippen LogP contribution in [0, 0.1) is 5.41 Å². The maximum absolute atomic E-state index is 5.94. The number of benzene rings is 1. The maximum Gasteiger partial charge on any atom is 0.0272 e. The van der Waals surface area contributed by atoms with Crippen LogP contribution in [0.3, 0.4) is 0 Å². The molecule has 1 aliphatic carbocycles. The van der Waals surface area contributed by atoms with Crippen molar-refractivity contribution in [3.63, 3.8) is 0 Å². The molecule has 1 saturated carbocycles.